The van der Waals surface area contributed by atoms with Gasteiger partial charge in [0.2, 0.25) is 5.91 Å². The van der Waals surface area contributed by atoms with Crippen molar-refractivity contribution in [2.24, 2.45) is 0 Å². The third kappa shape index (κ3) is 5.78. The molecule has 2 aromatic rings. The summed E-state index contributed by atoms with van der Waals surface area (Å²) in [7, 11) is 0. The molecule has 0 saturated carbocycles. The summed E-state index contributed by atoms with van der Waals surface area (Å²) in [4.78, 5) is 26.9. The van der Waals surface area contributed by atoms with Crippen molar-refractivity contribution in [3.63, 3.8) is 0 Å². The first kappa shape index (κ1) is 19.8. The quantitative estimate of drug-likeness (QED) is 0.629. The van der Waals surface area contributed by atoms with Crippen molar-refractivity contribution in [1.29, 1.82) is 0 Å². The van der Waals surface area contributed by atoms with Crippen molar-refractivity contribution < 1.29 is 14.0 Å². The summed E-state index contributed by atoms with van der Waals surface area (Å²) in [6, 6.07) is 11.1. The van der Waals surface area contributed by atoms with Gasteiger partial charge in [0.05, 0.1) is 12.3 Å². The molecule has 27 heavy (non-hydrogen) atoms. The van der Waals surface area contributed by atoms with Crippen LogP contribution in [0.2, 0.25) is 0 Å². The molecule has 1 aliphatic rings. The van der Waals surface area contributed by atoms with Crippen molar-refractivity contribution in [3.8, 4) is 0 Å². The second kappa shape index (κ2) is 9.85. The molecule has 1 fully saturated rings. The molecule has 1 aromatic carbocycles. The maximum atomic E-state index is 12.3. The monoisotopic (exact) mass is 432 g/mol. The fraction of sp³-hybridized carbons (Fsp3) is 0.429. The minimum atomic E-state index is -0.103. The van der Waals surface area contributed by atoms with Gasteiger partial charge in [-0.2, -0.15) is 0 Å². The molecule has 1 amide bonds. The number of hydrogen-bond acceptors (Lipinski definition) is 4. The Morgan fingerprint density at radius 2 is 1.81 bits per heavy atom. The van der Waals surface area contributed by atoms with Crippen LogP contribution in [0.1, 0.15) is 54.3 Å². The highest BCUT2D eigenvalue weighted by atomic mass is 79.9. The number of hydrogen-bond donors (Lipinski definition) is 1. The van der Waals surface area contributed by atoms with Gasteiger partial charge in [-0.3, -0.25) is 14.5 Å². The summed E-state index contributed by atoms with van der Waals surface area (Å²) < 4.78 is 6.53. The van der Waals surface area contributed by atoms with Crippen molar-refractivity contribution in [1.82, 2.24) is 10.2 Å². The molecule has 5 nitrogen and oxygen atoms in total. The molecule has 0 spiro atoms. The summed E-state index contributed by atoms with van der Waals surface area (Å²) in [5.41, 5.74) is 0.632. The molecular formula is C21H25BrN2O3. The number of benzene rings is 1. The van der Waals surface area contributed by atoms with Crippen molar-refractivity contribution >= 4 is 27.6 Å². The number of carbonyl (C=O) groups excluding carboxylic acids is 2. The number of likely N-dealkylation sites (tertiary alicyclic amines) is 1. The van der Waals surface area contributed by atoms with E-state index in [1.165, 1.54) is 19.3 Å². The van der Waals surface area contributed by atoms with Gasteiger partial charge < -0.3 is 9.73 Å². The molecule has 0 bridgehead atoms. The van der Waals surface area contributed by atoms with E-state index in [1.807, 2.05) is 24.3 Å². The fourth-order valence-electron chi connectivity index (χ4n) is 3.43. The number of ketones is 1. The highest BCUT2D eigenvalue weighted by Crippen LogP contribution is 2.24. The van der Waals surface area contributed by atoms with Crippen LogP contribution in [-0.4, -0.2) is 36.2 Å². The van der Waals surface area contributed by atoms with Gasteiger partial charge in [-0.05, 0) is 50.2 Å². The van der Waals surface area contributed by atoms with E-state index in [1.54, 1.807) is 18.4 Å². The Kier molecular flexibility index (Phi) is 7.24. The number of amides is 1. The van der Waals surface area contributed by atoms with Crippen LogP contribution >= 0.6 is 15.9 Å². The molecule has 0 radical (unpaired) electrons. The lowest BCUT2D eigenvalue weighted by molar-refractivity contribution is -0.121. The van der Waals surface area contributed by atoms with Gasteiger partial charge in [0, 0.05) is 29.4 Å². The van der Waals surface area contributed by atoms with E-state index in [4.69, 9.17) is 4.42 Å². The van der Waals surface area contributed by atoms with E-state index >= 15 is 0 Å². The number of nitrogens with zero attached hydrogens (tertiary/aromatic N) is 1. The molecule has 144 valence electrons. The maximum Gasteiger partial charge on any atom is 0.220 e. The Hall–Kier alpha value is -1.92. The van der Waals surface area contributed by atoms with Crippen molar-refractivity contribution in [2.45, 2.75) is 38.1 Å². The maximum absolute atomic E-state index is 12.3. The van der Waals surface area contributed by atoms with Crippen LogP contribution in [0.15, 0.2) is 51.6 Å². The second-order valence-corrected chi connectivity index (χ2v) is 7.78. The lowest BCUT2D eigenvalue weighted by Gasteiger charge is -2.33. The van der Waals surface area contributed by atoms with Gasteiger partial charge >= 0.3 is 0 Å². The number of piperidine rings is 1. The first-order valence-corrected chi connectivity index (χ1v) is 10.3. The number of halogens is 1. The molecule has 2 heterocycles. The predicted molar refractivity (Wildman–Crippen MR) is 108 cm³/mol. The van der Waals surface area contributed by atoms with Gasteiger partial charge in [0.25, 0.3) is 0 Å². The van der Waals surface area contributed by atoms with E-state index in [0.717, 1.165) is 23.3 Å². The van der Waals surface area contributed by atoms with E-state index < -0.39 is 0 Å². The zero-order valence-electron chi connectivity index (χ0n) is 15.3. The highest BCUT2D eigenvalue weighted by Gasteiger charge is 2.24. The van der Waals surface area contributed by atoms with Gasteiger partial charge in [-0.25, -0.2) is 0 Å². The fourth-order valence-corrected chi connectivity index (χ4v) is 3.69. The number of rotatable bonds is 8. The Morgan fingerprint density at radius 3 is 2.48 bits per heavy atom. The third-order valence-electron chi connectivity index (χ3n) is 4.94. The average Bonchev–Trinajstić information content (AvgIpc) is 3.22. The van der Waals surface area contributed by atoms with Crippen LogP contribution in [0.4, 0.5) is 0 Å². The van der Waals surface area contributed by atoms with Crippen LogP contribution in [-0.2, 0) is 4.79 Å². The van der Waals surface area contributed by atoms with Crippen LogP contribution in [0.3, 0.4) is 0 Å². The summed E-state index contributed by atoms with van der Waals surface area (Å²) in [5.74, 6) is 0.758. The highest BCUT2D eigenvalue weighted by molar-refractivity contribution is 9.10. The molecule has 1 atom stereocenters. The molecule has 1 saturated heterocycles. The SMILES string of the molecule is O=C(CCC(=O)c1ccc(Br)cc1)NC[C@H](c1ccco1)N1CCCCC1. The van der Waals surface area contributed by atoms with E-state index in [0.29, 0.717) is 12.1 Å². The predicted octanol–water partition coefficient (Wildman–Crippen LogP) is 4.35. The largest absolute Gasteiger partial charge is 0.468 e. The Bertz CT molecular complexity index is 737. The van der Waals surface area contributed by atoms with Crippen LogP contribution < -0.4 is 5.32 Å². The first-order chi connectivity index (χ1) is 13.1. The smallest absolute Gasteiger partial charge is 0.220 e. The summed E-state index contributed by atoms with van der Waals surface area (Å²) in [5, 5.41) is 2.98. The van der Waals surface area contributed by atoms with Gasteiger partial charge in [0.15, 0.2) is 5.78 Å². The number of nitrogens with one attached hydrogen (secondary N) is 1. The molecule has 0 unspecified atom stereocenters. The first-order valence-electron chi connectivity index (χ1n) is 9.46. The minimum absolute atomic E-state index is 0.0173. The van der Waals surface area contributed by atoms with Gasteiger partial charge in [-0.1, -0.05) is 34.5 Å². The Balaban J connectivity index is 1.50. The lowest BCUT2D eigenvalue weighted by Crippen LogP contribution is -2.40. The number of Topliss-reactive ketones (excluding diaryl/α,β-unsaturated/α-hetero) is 1. The average molecular weight is 433 g/mol. The summed E-state index contributed by atoms with van der Waals surface area (Å²) in [6.07, 6.45) is 5.68. The molecular weight excluding hydrogens is 408 g/mol. The van der Waals surface area contributed by atoms with E-state index in [-0.39, 0.29) is 30.6 Å². The number of carbonyl (C=O) groups is 2. The number of furan rings is 1. The van der Waals surface area contributed by atoms with Gasteiger partial charge in [0.1, 0.15) is 5.76 Å². The summed E-state index contributed by atoms with van der Waals surface area (Å²) >= 11 is 3.35. The van der Waals surface area contributed by atoms with Gasteiger partial charge in [-0.15, -0.1) is 0 Å². The van der Waals surface area contributed by atoms with E-state index in [2.05, 4.69) is 26.1 Å². The molecule has 1 aromatic heterocycles. The Labute approximate surface area is 168 Å². The standard InChI is InChI=1S/C21H25BrN2O3/c22-17-8-6-16(7-9-17)19(25)10-11-21(26)23-15-18(20-5-4-14-27-20)24-12-2-1-3-13-24/h4-9,14,18H,1-3,10-13,15H2,(H,23,26)/t18-/m1/s1. The van der Waals surface area contributed by atoms with E-state index in [9.17, 15) is 9.59 Å². The topological polar surface area (TPSA) is 62.6 Å². The molecule has 0 aliphatic carbocycles. The zero-order chi connectivity index (χ0) is 19.1. The zero-order valence-corrected chi connectivity index (χ0v) is 16.9. The van der Waals surface area contributed by atoms with Crippen molar-refractivity contribution in [2.75, 3.05) is 19.6 Å². The molecule has 6 heteroatoms. The molecule has 1 N–H and O–H groups in total. The molecule has 1 aliphatic heterocycles. The normalized spacial score (nSPS) is 16.0. The summed E-state index contributed by atoms with van der Waals surface area (Å²) in [6.45, 7) is 2.53. The molecule has 3 rings (SSSR count). The Morgan fingerprint density at radius 1 is 1.07 bits per heavy atom. The van der Waals surface area contributed by atoms with Crippen LogP contribution in [0, 0.1) is 0 Å². The lowest BCUT2D eigenvalue weighted by atomic mass is 10.1. The van der Waals surface area contributed by atoms with Crippen LogP contribution in [0.5, 0.6) is 0 Å². The minimum Gasteiger partial charge on any atom is -0.468 e. The van der Waals surface area contributed by atoms with Crippen molar-refractivity contribution in [3.05, 3.63) is 58.5 Å². The third-order valence-corrected chi connectivity index (χ3v) is 5.47. The second-order valence-electron chi connectivity index (χ2n) is 6.86. The van der Waals surface area contributed by atoms with Crippen LogP contribution in [0.25, 0.3) is 0 Å².